The molecule has 7 heteroatoms. The van der Waals surface area contributed by atoms with Gasteiger partial charge in [-0.15, -0.1) is 0 Å². The van der Waals surface area contributed by atoms with Crippen LogP contribution in [0.15, 0.2) is 18.2 Å². The summed E-state index contributed by atoms with van der Waals surface area (Å²) in [7, 11) is 0. The third-order valence-corrected chi connectivity index (χ3v) is 2.49. The molecule has 18 heavy (non-hydrogen) atoms. The van der Waals surface area contributed by atoms with E-state index in [0.29, 0.717) is 10.7 Å². The predicted octanol–water partition coefficient (Wildman–Crippen LogP) is 1.43. The third kappa shape index (κ3) is 4.52. The number of rotatable bonds is 3. The molecular weight excluding hydrogens is 279 g/mol. The maximum Gasteiger partial charge on any atom is 0.313 e. The lowest BCUT2D eigenvalue weighted by molar-refractivity contribution is -0.136. The van der Waals surface area contributed by atoms with Gasteiger partial charge in [0.2, 0.25) is 0 Å². The van der Waals surface area contributed by atoms with E-state index in [1.54, 1.807) is 0 Å². The normalized spacial score (nSPS) is 11.8. The first-order chi connectivity index (χ1) is 8.40. The van der Waals surface area contributed by atoms with Gasteiger partial charge in [0.05, 0.1) is 16.8 Å². The van der Waals surface area contributed by atoms with Crippen LogP contribution >= 0.6 is 23.2 Å². The monoisotopic (exact) mass is 290 g/mol. The highest BCUT2D eigenvalue weighted by Crippen LogP contribution is 2.25. The number of carbonyl (C=O) groups is 2. The molecule has 3 N–H and O–H groups in total. The smallest absolute Gasteiger partial charge is 0.313 e. The number of hydrogen-bond acceptors (Lipinski definition) is 3. The molecule has 0 saturated heterocycles. The van der Waals surface area contributed by atoms with E-state index < -0.39 is 17.9 Å². The molecule has 0 radical (unpaired) electrons. The number of nitrogens with one attached hydrogen (secondary N) is 2. The van der Waals surface area contributed by atoms with Crippen molar-refractivity contribution in [2.45, 2.75) is 13.0 Å². The summed E-state index contributed by atoms with van der Waals surface area (Å²) < 4.78 is 0. The molecule has 0 aliphatic heterocycles. The van der Waals surface area contributed by atoms with Gasteiger partial charge < -0.3 is 15.7 Å². The Morgan fingerprint density at radius 3 is 2.56 bits per heavy atom. The minimum atomic E-state index is -0.861. The zero-order chi connectivity index (χ0) is 13.7. The highest BCUT2D eigenvalue weighted by atomic mass is 35.5. The van der Waals surface area contributed by atoms with Crippen LogP contribution in [0.25, 0.3) is 0 Å². The lowest BCUT2D eigenvalue weighted by atomic mass is 10.3. The minimum absolute atomic E-state index is 0.000599. The van der Waals surface area contributed by atoms with Crippen LogP contribution in [0.2, 0.25) is 10.0 Å². The Bertz CT molecular complexity index is 464. The van der Waals surface area contributed by atoms with Crippen molar-refractivity contribution in [1.82, 2.24) is 5.32 Å². The van der Waals surface area contributed by atoms with E-state index in [9.17, 15) is 9.59 Å². The number of halogens is 2. The number of amides is 2. The standard InChI is InChI=1S/C11H12Cl2N2O3/c1-6(16)5-14-10(17)11(18)15-9-3-2-7(12)4-8(9)13/h2-4,6,16H,5H2,1H3,(H,14,17)(H,15,18)/t6-/m1/s1. The first-order valence-electron chi connectivity index (χ1n) is 5.12. The van der Waals surface area contributed by atoms with Crippen LogP contribution in [0, 0.1) is 0 Å². The molecular formula is C11H12Cl2N2O3. The molecule has 0 unspecified atom stereocenters. The van der Waals surface area contributed by atoms with E-state index >= 15 is 0 Å². The minimum Gasteiger partial charge on any atom is -0.392 e. The van der Waals surface area contributed by atoms with Crippen LogP contribution in [-0.2, 0) is 9.59 Å². The lowest BCUT2D eigenvalue weighted by Crippen LogP contribution is -2.38. The van der Waals surface area contributed by atoms with E-state index in [1.165, 1.54) is 25.1 Å². The fourth-order valence-corrected chi connectivity index (χ4v) is 1.55. The van der Waals surface area contributed by atoms with Crippen molar-refractivity contribution >= 4 is 40.7 Å². The Labute approximate surface area is 114 Å². The fraction of sp³-hybridized carbons (Fsp3) is 0.273. The molecule has 2 amide bonds. The summed E-state index contributed by atoms with van der Waals surface area (Å²) >= 11 is 11.5. The number of aliphatic hydroxyl groups is 1. The second-order valence-electron chi connectivity index (χ2n) is 3.64. The van der Waals surface area contributed by atoms with Crippen molar-refractivity contribution in [3.05, 3.63) is 28.2 Å². The fourth-order valence-electron chi connectivity index (χ4n) is 1.09. The molecule has 0 spiro atoms. The van der Waals surface area contributed by atoms with E-state index in [4.69, 9.17) is 28.3 Å². The van der Waals surface area contributed by atoms with Crippen molar-refractivity contribution in [3.8, 4) is 0 Å². The summed E-state index contributed by atoms with van der Waals surface area (Å²) in [5.41, 5.74) is 0.290. The summed E-state index contributed by atoms with van der Waals surface area (Å²) in [6.07, 6.45) is -0.721. The summed E-state index contributed by atoms with van der Waals surface area (Å²) in [6.45, 7) is 1.49. The molecule has 0 aliphatic rings. The largest absolute Gasteiger partial charge is 0.392 e. The lowest BCUT2D eigenvalue weighted by Gasteiger charge is -2.09. The van der Waals surface area contributed by atoms with Gasteiger partial charge in [-0.25, -0.2) is 0 Å². The van der Waals surface area contributed by atoms with Gasteiger partial charge in [-0.05, 0) is 25.1 Å². The van der Waals surface area contributed by atoms with Crippen LogP contribution in [0.5, 0.6) is 0 Å². The highest BCUT2D eigenvalue weighted by Gasteiger charge is 2.15. The van der Waals surface area contributed by atoms with Gasteiger partial charge in [-0.2, -0.15) is 0 Å². The first-order valence-corrected chi connectivity index (χ1v) is 5.88. The summed E-state index contributed by atoms with van der Waals surface area (Å²) in [5, 5.41) is 14.2. The van der Waals surface area contributed by atoms with Gasteiger partial charge >= 0.3 is 11.8 Å². The Morgan fingerprint density at radius 2 is 2.00 bits per heavy atom. The molecule has 98 valence electrons. The molecule has 1 rings (SSSR count). The summed E-state index contributed by atoms with van der Waals surface area (Å²) in [6, 6.07) is 4.48. The maximum absolute atomic E-state index is 11.5. The second kappa shape index (κ2) is 6.58. The number of aliphatic hydroxyl groups excluding tert-OH is 1. The highest BCUT2D eigenvalue weighted by molar-refractivity contribution is 6.42. The average molecular weight is 291 g/mol. The van der Waals surface area contributed by atoms with Gasteiger partial charge in [0.15, 0.2) is 0 Å². The van der Waals surface area contributed by atoms with Gasteiger partial charge in [-0.3, -0.25) is 9.59 Å². The van der Waals surface area contributed by atoms with Crippen LogP contribution in [0.3, 0.4) is 0 Å². The van der Waals surface area contributed by atoms with Crippen molar-refractivity contribution in [2.24, 2.45) is 0 Å². The van der Waals surface area contributed by atoms with Crippen LogP contribution in [-0.4, -0.2) is 29.6 Å². The number of benzene rings is 1. The maximum atomic E-state index is 11.5. The topological polar surface area (TPSA) is 78.4 Å². The number of carbonyl (C=O) groups excluding carboxylic acids is 2. The quantitative estimate of drug-likeness (QED) is 0.737. The van der Waals surface area contributed by atoms with Crippen molar-refractivity contribution in [1.29, 1.82) is 0 Å². The first kappa shape index (κ1) is 14.8. The summed E-state index contributed by atoms with van der Waals surface area (Å²) in [4.78, 5) is 22.8. The Kier molecular flexibility index (Phi) is 5.40. The molecule has 0 saturated carbocycles. The molecule has 1 atom stereocenters. The van der Waals surface area contributed by atoms with Crippen molar-refractivity contribution in [3.63, 3.8) is 0 Å². The molecule has 1 aromatic carbocycles. The van der Waals surface area contributed by atoms with E-state index in [2.05, 4.69) is 10.6 Å². The molecule has 5 nitrogen and oxygen atoms in total. The van der Waals surface area contributed by atoms with Crippen LogP contribution < -0.4 is 10.6 Å². The molecule has 1 aromatic rings. The van der Waals surface area contributed by atoms with Gasteiger partial charge in [0, 0.05) is 11.6 Å². The zero-order valence-electron chi connectivity index (χ0n) is 9.54. The van der Waals surface area contributed by atoms with Gasteiger partial charge in [-0.1, -0.05) is 23.2 Å². The molecule has 0 bridgehead atoms. The van der Waals surface area contributed by atoms with Crippen molar-refractivity contribution < 1.29 is 14.7 Å². The average Bonchev–Trinajstić information content (AvgIpc) is 2.29. The summed E-state index contributed by atoms with van der Waals surface area (Å²) in [5.74, 6) is -1.71. The predicted molar refractivity (Wildman–Crippen MR) is 69.8 cm³/mol. The van der Waals surface area contributed by atoms with E-state index in [1.807, 2.05) is 0 Å². The van der Waals surface area contributed by atoms with Crippen LogP contribution in [0.1, 0.15) is 6.92 Å². The van der Waals surface area contributed by atoms with E-state index in [-0.39, 0.29) is 11.6 Å². The number of hydrogen-bond donors (Lipinski definition) is 3. The Balaban J connectivity index is 2.61. The third-order valence-electron chi connectivity index (χ3n) is 1.94. The Morgan fingerprint density at radius 1 is 1.33 bits per heavy atom. The van der Waals surface area contributed by atoms with Gasteiger partial charge in [0.25, 0.3) is 0 Å². The van der Waals surface area contributed by atoms with Crippen LogP contribution in [0.4, 0.5) is 5.69 Å². The van der Waals surface area contributed by atoms with Crippen molar-refractivity contribution in [2.75, 3.05) is 11.9 Å². The van der Waals surface area contributed by atoms with Gasteiger partial charge in [0.1, 0.15) is 0 Å². The zero-order valence-corrected chi connectivity index (χ0v) is 11.0. The molecule has 0 aromatic heterocycles. The second-order valence-corrected chi connectivity index (χ2v) is 4.48. The van der Waals surface area contributed by atoms with E-state index in [0.717, 1.165) is 0 Å². The Hall–Kier alpha value is -1.30. The molecule has 0 fully saturated rings. The number of anilines is 1. The SMILES string of the molecule is C[C@@H](O)CNC(=O)C(=O)Nc1ccc(Cl)cc1Cl. The molecule has 0 heterocycles. The molecule has 0 aliphatic carbocycles.